The molecule has 2 aromatic rings. The zero-order valence-corrected chi connectivity index (χ0v) is 20.6. The summed E-state index contributed by atoms with van der Waals surface area (Å²) in [4.78, 5) is 40.3. The molecule has 0 bridgehead atoms. The molecular weight excluding hydrogens is 444 g/mol. The first-order chi connectivity index (χ1) is 16.7. The number of alkyl carbamates (subject to hydrolysis) is 1. The predicted octanol–water partition coefficient (Wildman–Crippen LogP) is 3.80. The number of amides is 1. The van der Waals surface area contributed by atoms with Crippen molar-refractivity contribution in [2.75, 3.05) is 19.7 Å². The molecule has 1 heterocycles. The fourth-order valence-corrected chi connectivity index (χ4v) is 5.24. The van der Waals surface area contributed by atoms with Gasteiger partial charge in [0.15, 0.2) is 11.6 Å². The van der Waals surface area contributed by atoms with Crippen molar-refractivity contribution in [3.05, 3.63) is 71.3 Å². The molecule has 2 N–H and O–H groups in total. The van der Waals surface area contributed by atoms with Crippen LogP contribution in [0.5, 0.6) is 0 Å². The van der Waals surface area contributed by atoms with Gasteiger partial charge in [-0.25, -0.2) is 4.79 Å². The summed E-state index contributed by atoms with van der Waals surface area (Å²) in [6, 6.07) is 16.1. The van der Waals surface area contributed by atoms with Crippen LogP contribution in [0.25, 0.3) is 0 Å². The number of piperidine rings is 1. The van der Waals surface area contributed by atoms with Crippen molar-refractivity contribution in [2.24, 2.45) is 5.92 Å². The number of ketones is 2. The number of fused-ring (bicyclic) bond motifs is 2. The zero-order chi connectivity index (χ0) is 25.1. The molecule has 4 rings (SSSR count). The standard InChI is InChI=1S/C28H34N2O5/c1-27(2,3)35-26(33)30-22(18-34-17-19-9-5-4-6-10-19)25(32)23-24(31)20-11-7-8-12-21(20)28(23)13-15-29-16-14-28/h4-12,22-23,29H,13-18H2,1-3H3,(H,30,33)/t22-,23?/m1/s1. The third kappa shape index (κ3) is 5.46. The number of ether oxygens (including phenoxy) is 2. The maximum Gasteiger partial charge on any atom is 0.408 e. The van der Waals surface area contributed by atoms with Gasteiger partial charge < -0.3 is 20.1 Å². The van der Waals surface area contributed by atoms with Crippen LogP contribution in [0.4, 0.5) is 4.79 Å². The van der Waals surface area contributed by atoms with Crippen LogP contribution in [0.2, 0.25) is 0 Å². The van der Waals surface area contributed by atoms with E-state index in [0.717, 1.165) is 24.2 Å². The fraction of sp³-hybridized carbons (Fsp3) is 0.464. The Morgan fingerprint density at radius 1 is 1.06 bits per heavy atom. The van der Waals surface area contributed by atoms with Gasteiger partial charge in [0.1, 0.15) is 11.6 Å². The summed E-state index contributed by atoms with van der Waals surface area (Å²) >= 11 is 0. The van der Waals surface area contributed by atoms with E-state index >= 15 is 0 Å². The van der Waals surface area contributed by atoms with E-state index in [0.29, 0.717) is 18.4 Å². The summed E-state index contributed by atoms with van der Waals surface area (Å²) in [7, 11) is 0. The van der Waals surface area contributed by atoms with Crippen LogP contribution >= 0.6 is 0 Å². The van der Waals surface area contributed by atoms with Gasteiger partial charge in [0.2, 0.25) is 0 Å². The minimum atomic E-state index is -1.01. The molecule has 0 aromatic heterocycles. The second-order valence-corrected chi connectivity index (χ2v) is 10.4. The van der Waals surface area contributed by atoms with Crippen molar-refractivity contribution in [1.82, 2.24) is 10.6 Å². The third-order valence-corrected chi connectivity index (χ3v) is 6.75. The summed E-state index contributed by atoms with van der Waals surface area (Å²) in [6.45, 7) is 6.96. The lowest BCUT2D eigenvalue weighted by Gasteiger charge is -2.39. The molecule has 2 atom stereocenters. The molecule has 2 aliphatic rings. The van der Waals surface area contributed by atoms with Gasteiger partial charge in [-0.2, -0.15) is 0 Å². The highest BCUT2D eigenvalue weighted by Gasteiger charge is 2.56. The second-order valence-electron chi connectivity index (χ2n) is 10.4. The van der Waals surface area contributed by atoms with Gasteiger partial charge in [-0.1, -0.05) is 54.6 Å². The number of hydrogen-bond donors (Lipinski definition) is 2. The Hall–Kier alpha value is -3.03. The summed E-state index contributed by atoms with van der Waals surface area (Å²) < 4.78 is 11.3. The Labute approximate surface area is 206 Å². The van der Waals surface area contributed by atoms with E-state index in [1.54, 1.807) is 26.8 Å². The van der Waals surface area contributed by atoms with Crippen LogP contribution in [0, 0.1) is 5.92 Å². The molecule has 1 amide bonds. The minimum Gasteiger partial charge on any atom is -0.444 e. The lowest BCUT2D eigenvalue weighted by molar-refractivity contribution is -0.127. The first-order valence-corrected chi connectivity index (χ1v) is 12.2. The second kappa shape index (κ2) is 10.3. The normalized spacial score (nSPS) is 19.7. The molecule has 7 nitrogen and oxygen atoms in total. The van der Waals surface area contributed by atoms with Crippen LogP contribution < -0.4 is 10.6 Å². The highest BCUT2D eigenvalue weighted by molar-refractivity contribution is 6.17. The lowest BCUT2D eigenvalue weighted by atomic mass is 9.66. The number of Topliss-reactive ketones (excluding diaryl/α,β-unsaturated/α-hetero) is 2. The highest BCUT2D eigenvalue weighted by Crippen LogP contribution is 2.49. The molecule has 7 heteroatoms. The van der Waals surface area contributed by atoms with Gasteiger partial charge in [-0.05, 0) is 57.8 Å². The number of carbonyl (C=O) groups is 3. The first-order valence-electron chi connectivity index (χ1n) is 12.2. The number of benzene rings is 2. The van der Waals surface area contributed by atoms with Crippen LogP contribution in [0.1, 0.15) is 55.1 Å². The topological polar surface area (TPSA) is 93.7 Å². The largest absolute Gasteiger partial charge is 0.444 e. The summed E-state index contributed by atoms with van der Waals surface area (Å²) in [5, 5.41) is 6.05. The lowest BCUT2D eigenvalue weighted by Crippen LogP contribution is -2.54. The van der Waals surface area contributed by atoms with Crippen molar-refractivity contribution >= 4 is 17.7 Å². The molecule has 0 saturated carbocycles. The van der Waals surface area contributed by atoms with E-state index in [4.69, 9.17) is 9.47 Å². The third-order valence-electron chi connectivity index (χ3n) is 6.75. The molecule has 186 valence electrons. The van der Waals surface area contributed by atoms with Crippen LogP contribution in [-0.4, -0.2) is 49.0 Å². The van der Waals surface area contributed by atoms with Gasteiger partial charge in [0, 0.05) is 11.0 Å². The van der Waals surface area contributed by atoms with E-state index < -0.39 is 29.1 Å². The van der Waals surface area contributed by atoms with Gasteiger partial charge in [0.25, 0.3) is 0 Å². The Morgan fingerprint density at radius 3 is 2.40 bits per heavy atom. The quantitative estimate of drug-likeness (QED) is 0.588. The number of rotatable bonds is 7. The maximum absolute atomic E-state index is 14.0. The summed E-state index contributed by atoms with van der Waals surface area (Å²) in [5.41, 5.74) is 1.19. The predicted molar refractivity (Wildman–Crippen MR) is 132 cm³/mol. The van der Waals surface area contributed by atoms with Gasteiger partial charge in [0.05, 0.1) is 19.1 Å². The molecule has 1 aliphatic carbocycles. The fourth-order valence-electron chi connectivity index (χ4n) is 5.24. The average molecular weight is 479 g/mol. The van der Waals surface area contributed by atoms with Crippen molar-refractivity contribution in [1.29, 1.82) is 0 Å². The molecule has 0 radical (unpaired) electrons. The van der Waals surface area contributed by atoms with Crippen molar-refractivity contribution < 1.29 is 23.9 Å². The molecular formula is C28H34N2O5. The monoisotopic (exact) mass is 478 g/mol. The van der Waals surface area contributed by atoms with E-state index in [-0.39, 0.29) is 24.8 Å². The Balaban J connectivity index is 1.60. The van der Waals surface area contributed by atoms with E-state index in [1.807, 2.05) is 48.5 Å². The van der Waals surface area contributed by atoms with Crippen LogP contribution in [0.3, 0.4) is 0 Å². The van der Waals surface area contributed by atoms with Gasteiger partial charge in [-0.15, -0.1) is 0 Å². The Morgan fingerprint density at radius 2 is 1.71 bits per heavy atom. The van der Waals surface area contributed by atoms with Crippen LogP contribution in [-0.2, 0) is 26.3 Å². The number of hydrogen-bond acceptors (Lipinski definition) is 6. The van der Waals surface area contributed by atoms with E-state index in [1.165, 1.54) is 0 Å². The summed E-state index contributed by atoms with van der Waals surface area (Å²) in [6.07, 6.45) is 0.647. The van der Waals surface area contributed by atoms with E-state index in [9.17, 15) is 14.4 Å². The molecule has 1 fully saturated rings. The minimum absolute atomic E-state index is 0.0541. The molecule has 2 aromatic carbocycles. The Bertz CT molecular complexity index is 1070. The summed E-state index contributed by atoms with van der Waals surface area (Å²) in [5.74, 6) is -1.37. The molecule has 1 spiro atoms. The molecule has 1 aliphatic heterocycles. The first kappa shape index (κ1) is 25.1. The SMILES string of the molecule is CC(C)(C)OC(=O)N[C@H](COCc1ccccc1)C(=O)C1C(=O)c2ccccc2C12CCNCC2. The van der Waals surface area contributed by atoms with Crippen molar-refractivity contribution in [2.45, 2.75) is 57.3 Å². The Kier molecular flexibility index (Phi) is 7.38. The smallest absolute Gasteiger partial charge is 0.408 e. The number of carbonyl (C=O) groups excluding carboxylic acids is 3. The zero-order valence-electron chi connectivity index (χ0n) is 20.6. The average Bonchev–Trinajstić information content (AvgIpc) is 3.06. The maximum atomic E-state index is 14.0. The van der Waals surface area contributed by atoms with Gasteiger partial charge >= 0.3 is 6.09 Å². The highest BCUT2D eigenvalue weighted by atomic mass is 16.6. The molecule has 1 saturated heterocycles. The van der Waals surface area contributed by atoms with Crippen molar-refractivity contribution in [3.63, 3.8) is 0 Å². The van der Waals surface area contributed by atoms with Crippen molar-refractivity contribution in [3.8, 4) is 0 Å². The molecule has 1 unspecified atom stereocenters. The van der Waals surface area contributed by atoms with Crippen LogP contribution in [0.15, 0.2) is 54.6 Å². The molecule has 35 heavy (non-hydrogen) atoms. The van der Waals surface area contributed by atoms with Gasteiger partial charge in [-0.3, -0.25) is 9.59 Å². The number of nitrogens with one attached hydrogen (secondary N) is 2. The van der Waals surface area contributed by atoms with E-state index in [2.05, 4.69) is 10.6 Å².